The molecule has 0 spiro atoms. The summed E-state index contributed by atoms with van der Waals surface area (Å²) >= 11 is 1.40. The van der Waals surface area contributed by atoms with Gasteiger partial charge in [0.15, 0.2) is 22.5 Å². The second kappa shape index (κ2) is 6.11. The van der Waals surface area contributed by atoms with E-state index in [1.807, 2.05) is 6.26 Å². The number of amides is 1. The minimum atomic E-state index is -0.868. The van der Waals surface area contributed by atoms with Gasteiger partial charge in [-0.25, -0.2) is 13.8 Å². The van der Waals surface area contributed by atoms with Crippen molar-refractivity contribution in [3.05, 3.63) is 41.7 Å². The number of likely N-dealkylation sites (N-methyl/N-ethyl adjacent to an activating group) is 1. The first-order valence-electron chi connectivity index (χ1n) is 6.79. The van der Waals surface area contributed by atoms with E-state index in [-0.39, 0.29) is 17.4 Å². The van der Waals surface area contributed by atoms with Gasteiger partial charge in [-0.05, 0) is 24.5 Å². The highest BCUT2D eigenvalue weighted by Crippen LogP contribution is 2.26. The number of carbonyl (C=O) groups is 1. The van der Waals surface area contributed by atoms with Crippen LogP contribution in [0, 0.1) is 17.6 Å². The van der Waals surface area contributed by atoms with Crippen molar-refractivity contribution in [2.45, 2.75) is 0 Å². The first kappa shape index (κ1) is 15.7. The van der Waals surface area contributed by atoms with Gasteiger partial charge in [-0.1, -0.05) is 11.8 Å². The lowest BCUT2D eigenvalue weighted by molar-refractivity contribution is -0.125. The number of hydrogen-bond donors (Lipinski definition) is 0. The van der Waals surface area contributed by atoms with Crippen LogP contribution in [0.2, 0.25) is 0 Å². The minimum absolute atomic E-state index is 0.0234. The van der Waals surface area contributed by atoms with E-state index in [2.05, 4.69) is 9.98 Å². The average molecular weight is 337 g/mol. The molecule has 1 aromatic rings. The molecule has 5 nitrogen and oxygen atoms in total. The van der Waals surface area contributed by atoms with Crippen molar-refractivity contribution in [2.24, 2.45) is 15.9 Å². The number of rotatable bonds is 2. The van der Waals surface area contributed by atoms with Gasteiger partial charge in [0.2, 0.25) is 0 Å². The zero-order valence-corrected chi connectivity index (χ0v) is 13.2. The molecule has 0 aromatic heterocycles. The second-order valence-electron chi connectivity index (χ2n) is 4.98. The molecule has 120 valence electrons. The molecule has 0 N–H and O–H groups in total. The summed E-state index contributed by atoms with van der Waals surface area (Å²) in [5, 5.41) is 0.609. The number of halogens is 2. The number of benzene rings is 1. The lowest BCUT2D eigenvalue weighted by Crippen LogP contribution is -2.45. The molecule has 8 heteroatoms. The molecule has 1 aromatic carbocycles. The third-order valence-electron chi connectivity index (χ3n) is 3.47. The van der Waals surface area contributed by atoms with E-state index in [1.54, 1.807) is 13.1 Å². The van der Waals surface area contributed by atoms with E-state index in [9.17, 15) is 13.6 Å². The van der Waals surface area contributed by atoms with Crippen molar-refractivity contribution in [2.75, 3.05) is 19.8 Å². The summed E-state index contributed by atoms with van der Waals surface area (Å²) in [6.07, 6.45) is 3.43. The molecule has 0 saturated heterocycles. The Hall–Kier alpha value is -2.22. The van der Waals surface area contributed by atoms with E-state index in [4.69, 9.17) is 4.74 Å². The Kier molecular flexibility index (Phi) is 4.16. The number of fused-ring (bicyclic) bond motifs is 1. The molecular formula is C15H13F2N3O2S. The molecule has 1 amide bonds. The van der Waals surface area contributed by atoms with Crippen LogP contribution in [0.4, 0.5) is 8.78 Å². The van der Waals surface area contributed by atoms with Crippen LogP contribution in [0.5, 0.6) is 5.75 Å². The number of thioether (sulfide) groups is 1. The SMILES string of the molecule is CSC1=NCC2C=C(Oc3ccc(F)cc3F)C(=O)N(C)C2=N1. The zero-order chi connectivity index (χ0) is 16.6. The van der Waals surface area contributed by atoms with Crippen molar-refractivity contribution in [3.8, 4) is 5.75 Å². The number of aliphatic imine (C=N–C) groups is 2. The van der Waals surface area contributed by atoms with E-state index in [0.717, 1.165) is 12.1 Å². The van der Waals surface area contributed by atoms with Gasteiger partial charge >= 0.3 is 0 Å². The lowest BCUT2D eigenvalue weighted by Gasteiger charge is -2.31. The van der Waals surface area contributed by atoms with E-state index in [0.29, 0.717) is 23.6 Å². The van der Waals surface area contributed by atoms with Gasteiger partial charge < -0.3 is 4.74 Å². The lowest BCUT2D eigenvalue weighted by atomic mass is 10.0. The van der Waals surface area contributed by atoms with Crippen LogP contribution in [0.3, 0.4) is 0 Å². The summed E-state index contributed by atoms with van der Waals surface area (Å²) in [5.41, 5.74) is 0. The van der Waals surface area contributed by atoms with Gasteiger partial charge in [0.05, 0.1) is 12.5 Å². The molecule has 2 aliphatic rings. The zero-order valence-electron chi connectivity index (χ0n) is 12.4. The van der Waals surface area contributed by atoms with Crippen LogP contribution in [-0.4, -0.2) is 41.7 Å². The van der Waals surface area contributed by atoms with Gasteiger partial charge in [-0.15, -0.1) is 0 Å². The first-order valence-corrected chi connectivity index (χ1v) is 8.02. The maximum atomic E-state index is 13.7. The van der Waals surface area contributed by atoms with Crippen molar-refractivity contribution in [1.29, 1.82) is 0 Å². The fourth-order valence-corrected chi connectivity index (χ4v) is 2.70. The molecule has 2 heterocycles. The van der Waals surface area contributed by atoms with Gasteiger partial charge in [0, 0.05) is 13.1 Å². The van der Waals surface area contributed by atoms with Gasteiger partial charge in [-0.3, -0.25) is 14.7 Å². The molecule has 1 atom stereocenters. The Morgan fingerprint density at radius 1 is 1.39 bits per heavy atom. The van der Waals surface area contributed by atoms with Crippen molar-refractivity contribution < 1.29 is 18.3 Å². The second-order valence-corrected chi connectivity index (χ2v) is 5.75. The van der Waals surface area contributed by atoms with E-state index in [1.165, 1.54) is 16.7 Å². The predicted octanol–water partition coefficient (Wildman–Crippen LogP) is 2.45. The molecular weight excluding hydrogens is 324 g/mol. The fraction of sp³-hybridized carbons (Fsp3) is 0.267. The predicted molar refractivity (Wildman–Crippen MR) is 84.6 cm³/mol. The molecule has 23 heavy (non-hydrogen) atoms. The third kappa shape index (κ3) is 2.98. The molecule has 0 aliphatic carbocycles. The summed E-state index contributed by atoms with van der Waals surface area (Å²) in [5.74, 6) is -1.88. The molecule has 0 saturated carbocycles. The number of nitrogens with zero attached hydrogens (tertiary/aromatic N) is 3. The van der Waals surface area contributed by atoms with Gasteiger partial charge in [0.25, 0.3) is 5.91 Å². The summed E-state index contributed by atoms with van der Waals surface area (Å²) in [6, 6.07) is 2.92. The smallest absolute Gasteiger partial charge is 0.294 e. The minimum Gasteiger partial charge on any atom is -0.449 e. The average Bonchev–Trinajstić information content (AvgIpc) is 2.54. The van der Waals surface area contributed by atoms with Crippen molar-refractivity contribution >= 4 is 28.7 Å². The molecule has 0 bridgehead atoms. The van der Waals surface area contributed by atoms with Crippen LogP contribution in [0.1, 0.15) is 0 Å². The molecule has 1 unspecified atom stereocenters. The van der Waals surface area contributed by atoms with Gasteiger partial charge in [-0.2, -0.15) is 0 Å². The Bertz CT molecular complexity index is 761. The highest BCUT2D eigenvalue weighted by Gasteiger charge is 2.34. The van der Waals surface area contributed by atoms with Crippen LogP contribution in [-0.2, 0) is 4.79 Å². The Morgan fingerprint density at radius 2 is 2.17 bits per heavy atom. The monoisotopic (exact) mass is 337 g/mol. The Balaban J connectivity index is 1.90. The normalized spacial score (nSPS) is 20.5. The van der Waals surface area contributed by atoms with Gasteiger partial charge in [0.1, 0.15) is 11.7 Å². The maximum Gasteiger partial charge on any atom is 0.294 e. The molecule has 0 fully saturated rings. The molecule has 0 radical (unpaired) electrons. The van der Waals surface area contributed by atoms with Crippen LogP contribution >= 0.6 is 11.8 Å². The molecule has 3 rings (SSSR count). The van der Waals surface area contributed by atoms with Crippen molar-refractivity contribution in [1.82, 2.24) is 4.90 Å². The highest BCUT2D eigenvalue weighted by molar-refractivity contribution is 8.13. The molecule has 2 aliphatic heterocycles. The fourth-order valence-electron chi connectivity index (χ4n) is 2.31. The summed E-state index contributed by atoms with van der Waals surface area (Å²) < 4.78 is 32.0. The Labute approximate surface area is 135 Å². The number of carbonyl (C=O) groups excluding carboxylic acids is 1. The Morgan fingerprint density at radius 3 is 2.87 bits per heavy atom. The topological polar surface area (TPSA) is 54.3 Å². The van der Waals surface area contributed by atoms with E-state index < -0.39 is 17.5 Å². The summed E-state index contributed by atoms with van der Waals surface area (Å²) in [7, 11) is 1.58. The van der Waals surface area contributed by atoms with Crippen LogP contribution < -0.4 is 4.74 Å². The third-order valence-corrected chi connectivity index (χ3v) is 4.06. The highest BCUT2D eigenvalue weighted by atomic mass is 32.2. The van der Waals surface area contributed by atoms with Crippen LogP contribution in [0.15, 0.2) is 40.0 Å². The van der Waals surface area contributed by atoms with Crippen molar-refractivity contribution in [3.63, 3.8) is 0 Å². The van der Waals surface area contributed by atoms with Crippen LogP contribution in [0.25, 0.3) is 0 Å². The quantitative estimate of drug-likeness (QED) is 0.833. The largest absolute Gasteiger partial charge is 0.449 e. The summed E-state index contributed by atoms with van der Waals surface area (Å²) in [6.45, 7) is 0.436. The standard InChI is InChI=1S/C15H13F2N3O2S/c1-20-13-8(7-18-15(19-13)23-2)5-12(14(20)21)22-11-4-3-9(16)6-10(11)17/h3-6,8H,7H2,1-2H3. The summed E-state index contributed by atoms with van der Waals surface area (Å²) in [4.78, 5) is 22.4. The maximum absolute atomic E-state index is 13.7. The number of hydrogen-bond acceptors (Lipinski definition) is 5. The number of amidine groups is 2. The number of ether oxygens (including phenoxy) is 1. The first-order chi connectivity index (χ1) is 11.0. The van der Waals surface area contributed by atoms with E-state index >= 15 is 0 Å².